The van der Waals surface area contributed by atoms with Gasteiger partial charge in [0.1, 0.15) is 16.4 Å². The molecule has 0 saturated heterocycles. The molecule has 4 heterocycles. The lowest BCUT2D eigenvalue weighted by Crippen LogP contribution is -2.12. The first-order valence-electron chi connectivity index (χ1n) is 8.39. The topological polar surface area (TPSA) is 97.8 Å². The number of thiophene rings is 1. The quantitative estimate of drug-likeness (QED) is 0.491. The van der Waals surface area contributed by atoms with Gasteiger partial charge in [0.15, 0.2) is 0 Å². The van der Waals surface area contributed by atoms with Crippen LogP contribution in [0.25, 0.3) is 21.5 Å². The molecule has 1 N–H and O–H groups in total. The minimum absolute atomic E-state index is 0.149. The van der Waals surface area contributed by atoms with Gasteiger partial charge in [0.05, 0.1) is 16.9 Å². The molecule has 0 fully saturated rings. The Bertz CT molecular complexity index is 1140. The number of nitrogens with one attached hydrogen (secondary N) is 1. The molecule has 140 valence electrons. The maximum Gasteiger partial charge on any atom is 0.277 e. The van der Waals surface area contributed by atoms with E-state index < -0.39 is 0 Å². The van der Waals surface area contributed by atoms with Crippen molar-refractivity contribution in [2.75, 3.05) is 0 Å². The normalized spacial score (nSPS) is 13.3. The minimum Gasteiger partial charge on any atom is -0.464 e. The van der Waals surface area contributed by atoms with Crippen LogP contribution in [0.1, 0.15) is 44.7 Å². The summed E-state index contributed by atoms with van der Waals surface area (Å²) in [5.41, 5.74) is 0.364. The second kappa shape index (κ2) is 6.65. The zero-order valence-corrected chi connectivity index (χ0v) is 16.9. The van der Waals surface area contributed by atoms with Gasteiger partial charge in [-0.05, 0) is 19.1 Å². The highest BCUT2D eigenvalue weighted by atomic mass is 32.2. The molecule has 0 aliphatic rings. The van der Waals surface area contributed by atoms with E-state index in [4.69, 9.17) is 8.83 Å². The predicted octanol–water partition coefficient (Wildman–Crippen LogP) is 4.78. The largest absolute Gasteiger partial charge is 0.464 e. The number of fused-ring (bicyclic) bond motifs is 1. The first kappa shape index (κ1) is 18.0. The maximum atomic E-state index is 12.7. The van der Waals surface area contributed by atoms with E-state index in [1.54, 1.807) is 12.3 Å². The monoisotopic (exact) mass is 402 g/mol. The summed E-state index contributed by atoms with van der Waals surface area (Å²) >= 11 is 2.79. The van der Waals surface area contributed by atoms with Crippen LogP contribution in [0.4, 0.5) is 0 Å². The Hall–Kier alpha value is -2.39. The van der Waals surface area contributed by atoms with Crippen molar-refractivity contribution >= 4 is 33.3 Å². The van der Waals surface area contributed by atoms with Crippen molar-refractivity contribution in [1.82, 2.24) is 20.2 Å². The predicted molar refractivity (Wildman–Crippen MR) is 105 cm³/mol. The smallest absolute Gasteiger partial charge is 0.277 e. The van der Waals surface area contributed by atoms with Crippen molar-refractivity contribution in [1.29, 1.82) is 0 Å². The fourth-order valence-electron chi connectivity index (χ4n) is 2.54. The average Bonchev–Trinajstić information content (AvgIpc) is 3.33. The highest BCUT2D eigenvalue weighted by Crippen LogP contribution is 2.36. The highest BCUT2D eigenvalue weighted by Gasteiger charge is 2.24. The van der Waals surface area contributed by atoms with Crippen molar-refractivity contribution in [3.05, 3.63) is 45.8 Å². The van der Waals surface area contributed by atoms with Gasteiger partial charge in [0.2, 0.25) is 5.89 Å². The first-order chi connectivity index (χ1) is 12.8. The van der Waals surface area contributed by atoms with Crippen LogP contribution in [-0.2, 0) is 5.41 Å². The molecule has 1 atom stereocenters. The summed E-state index contributed by atoms with van der Waals surface area (Å²) < 4.78 is 11.1. The standard InChI is InChI=1S/C18H18N4O3S2/c1-9(27-17-22-21-16(25-17)18(2,3)4)13-19-14(23)12-10(8-26-15(12)20-13)11-6-5-7-24-11/h5-9H,1-4H3,(H,19,20,23). The Labute approximate surface area is 163 Å². The number of hydrogen-bond donors (Lipinski definition) is 1. The van der Waals surface area contributed by atoms with E-state index in [-0.39, 0.29) is 16.2 Å². The zero-order chi connectivity index (χ0) is 19.2. The van der Waals surface area contributed by atoms with Crippen LogP contribution in [0.15, 0.2) is 42.6 Å². The third kappa shape index (κ3) is 3.44. The summed E-state index contributed by atoms with van der Waals surface area (Å²) in [6, 6.07) is 3.62. The van der Waals surface area contributed by atoms with Gasteiger partial charge in [-0.25, -0.2) is 4.98 Å². The second-order valence-electron chi connectivity index (χ2n) is 7.14. The Kier molecular flexibility index (Phi) is 4.43. The molecule has 0 aliphatic carbocycles. The van der Waals surface area contributed by atoms with Gasteiger partial charge in [0, 0.05) is 16.4 Å². The van der Waals surface area contributed by atoms with E-state index in [0.717, 1.165) is 5.56 Å². The summed E-state index contributed by atoms with van der Waals surface area (Å²) in [6.45, 7) is 7.98. The summed E-state index contributed by atoms with van der Waals surface area (Å²) in [5, 5.41) is 10.9. The van der Waals surface area contributed by atoms with E-state index in [9.17, 15) is 4.79 Å². The van der Waals surface area contributed by atoms with Gasteiger partial charge < -0.3 is 13.8 Å². The molecule has 4 aromatic heterocycles. The fraction of sp³-hybridized carbons (Fsp3) is 0.333. The molecular weight excluding hydrogens is 384 g/mol. The summed E-state index contributed by atoms with van der Waals surface area (Å²) in [5.74, 6) is 1.81. The molecule has 4 aromatic rings. The van der Waals surface area contributed by atoms with Gasteiger partial charge in [-0.3, -0.25) is 4.79 Å². The van der Waals surface area contributed by atoms with Crippen LogP contribution in [-0.4, -0.2) is 20.2 Å². The summed E-state index contributed by atoms with van der Waals surface area (Å²) in [4.78, 5) is 20.9. The molecule has 0 saturated carbocycles. The Balaban J connectivity index is 1.64. The molecule has 0 bridgehead atoms. The average molecular weight is 403 g/mol. The number of H-pyrrole nitrogens is 1. The molecule has 0 radical (unpaired) electrons. The molecule has 9 heteroatoms. The van der Waals surface area contributed by atoms with Crippen LogP contribution < -0.4 is 5.56 Å². The number of aromatic nitrogens is 4. The zero-order valence-electron chi connectivity index (χ0n) is 15.3. The lowest BCUT2D eigenvalue weighted by atomic mass is 9.97. The molecule has 0 spiro atoms. The van der Waals surface area contributed by atoms with Gasteiger partial charge in [-0.2, -0.15) is 0 Å². The summed E-state index contributed by atoms with van der Waals surface area (Å²) in [6.07, 6.45) is 1.59. The van der Waals surface area contributed by atoms with Crippen molar-refractivity contribution in [2.45, 2.75) is 43.6 Å². The molecule has 0 aromatic carbocycles. The van der Waals surface area contributed by atoms with Gasteiger partial charge in [-0.15, -0.1) is 21.5 Å². The molecule has 7 nitrogen and oxygen atoms in total. The second-order valence-corrected chi connectivity index (χ2v) is 9.29. The lowest BCUT2D eigenvalue weighted by molar-refractivity contribution is 0.347. The van der Waals surface area contributed by atoms with Crippen LogP contribution >= 0.6 is 23.1 Å². The lowest BCUT2D eigenvalue weighted by Gasteiger charge is -2.11. The van der Waals surface area contributed by atoms with Crippen LogP contribution in [0, 0.1) is 0 Å². The van der Waals surface area contributed by atoms with E-state index in [2.05, 4.69) is 20.2 Å². The van der Waals surface area contributed by atoms with Crippen molar-refractivity contribution in [3.8, 4) is 11.3 Å². The van der Waals surface area contributed by atoms with Crippen molar-refractivity contribution in [3.63, 3.8) is 0 Å². The Morgan fingerprint density at radius 3 is 2.78 bits per heavy atom. The highest BCUT2D eigenvalue weighted by molar-refractivity contribution is 7.99. The molecule has 27 heavy (non-hydrogen) atoms. The van der Waals surface area contributed by atoms with Crippen LogP contribution in [0.2, 0.25) is 0 Å². The summed E-state index contributed by atoms with van der Waals surface area (Å²) in [7, 11) is 0. The molecule has 1 unspecified atom stereocenters. The maximum absolute atomic E-state index is 12.7. The molecule has 0 aliphatic heterocycles. The van der Waals surface area contributed by atoms with E-state index in [1.165, 1.54) is 23.1 Å². The number of thioether (sulfide) groups is 1. The third-order valence-electron chi connectivity index (χ3n) is 3.96. The number of aromatic amines is 1. The number of furan rings is 1. The SMILES string of the molecule is CC(Sc1nnc(C(C)(C)C)o1)c1nc2scc(-c3ccco3)c2c(=O)[nH]1. The fourth-order valence-corrected chi connectivity index (χ4v) is 4.21. The van der Waals surface area contributed by atoms with E-state index in [1.807, 2.05) is 39.1 Å². The molecular formula is C18H18N4O3S2. The number of hydrogen-bond acceptors (Lipinski definition) is 8. The number of rotatable bonds is 4. The van der Waals surface area contributed by atoms with Crippen LogP contribution in [0.5, 0.6) is 0 Å². The first-order valence-corrected chi connectivity index (χ1v) is 10.1. The molecule has 4 rings (SSSR count). The van der Waals surface area contributed by atoms with Gasteiger partial charge >= 0.3 is 0 Å². The van der Waals surface area contributed by atoms with Gasteiger partial charge in [-0.1, -0.05) is 32.5 Å². The Morgan fingerprint density at radius 2 is 2.11 bits per heavy atom. The number of nitrogens with zero attached hydrogens (tertiary/aromatic N) is 3. The van der Waals surface area contributed by atoms with Gasteiger partial charge in [0.25, 0.3) is 10.8 Å². The van der Waals surface area contributed by atoms with Crippen molar-refractivity contribution < 1.29 is 8.83 Å². The van der Waals surface area contributed by atoms with E-state index >= 15 is 0 Å². The van der Waals surface area contributed by atoms with Crippen LogP contribution in [0.3, 0.4) is 0 Å². The van der Waals surface area contributed by atoms with E-state index in [0.29, 0.717) is 32.9 Å². The third-order valence-corrected chi connectivity index (χ3v) is 5.78. The minimum atomic E-state index is -0.209. The van der Waals surface area contributed by atoms with Crippen molar-refractivity contribution in [2.24, 2.45) is 0 Å². The molecule has 0 amide bonds. The Morgan fingerprint density at radius 1 is 1.30 bits per heavy atom.